The van der Waals surface area contributed by atoms with Crippen LogP contribution in [0.15, 0.2) is 182 Å². The van der Waals surface area contributed by atoms with Gasteiger partial charge in [-0.15, -0.1) is 0 Å². The van der Waals surface area contributed by atoms with E-state index in [9.17, 15) is 0 Å². The first kappa shape index (κ1) is 28.9. The minimum Gasteiger partial charge on any atom is -0.264 e. The van der Waals surface area contributed by atoms with E-state index in [2.05, 4.69) is 169 Å². The summed E-state index contributed by atoms with van der Waals surface area (Å²) in [7, 11) is 0. The van der Waals surface area contributed by atoms with Gasteiger partial charge in [-0.2, -0.15) is 0 Å². The lowest BCUT2D eigenvalue weighted by atomic mass is 9.83. The fourth-order valence-corrected chi connectivity index (χ4v) is 8.72. The van der Waals surface area contributed by atoms with Crippen molar-refractivity contribution in [1.29, 1.82) is 0 Å². The second-order valence-electron chi connectivity index (χ2n) is 13.6. The highest BCUT2D eigenvalue weighted by molar-refractivity contribution is 6.34. The molecule has 0 N–H and O–H groups in total. The maximum absolute atomic E-state index is 5.31. The quantitative estimate of drug-likeness (QED) is 0.139. The molecule has 0 aliphatic heterocycles. The van der Waals surface area contributed by atoms with E-state index in [0.29, 0.717) is 0 Å². The molecule has 0 aliphatic carbocycles. The van der Waals surface area contributed by atoms with Crippen molar-refractivity contribution in [2.75, 3.05) is 0 Å². The highest BCUT2D eigenvalue weighted by Gasteiger charge is 2.21. The van der Waals surface area contributed by atoms with Crippen LogP contribution in [-0.2, 0) is 0 Å². The Kier molecular flexibility index (Phi) is 6.28. The van der Waals surface area contributed by atoms with E-state index in [1.165, 1.54) is 81.5 Å². The Hall–Kier alpha value is -6.90. The van der Waals surface area contributed by atoms with Crippen molar-refractivity contribution in [2.45, 2.75) is 0 Å². The van der Waals surface area contributed by atoms with Crippen LogP contribution in [0.4, 0.5) is 0 Å². The molecule has 0 saturated carbocycles. The fourth-order valence-electron chi connectivity index (χ4n) is 8.72. The minimum atomic E-state index is 0.959. The van der Waals surface area contributed by atoms with Crippen LogP contribution in [0.1, 0.15) is 0 Å². The Morgan fingerprint density at radius 3 is 1.67 bits per heavy atom. The van der Waals surface area contributed by atoms with Crippen LogP contribution >= 0.6 is 0 Å². The number of fused-ring (bicyclic) bond motifs is 11. The molecule has 0 saturated heterocycles. The monoisotopic (exact) mass is 658 g/mol. The molecule has 240 valence electrons. The molecule has 0 amide bonds. The van der Waals surface area contributed by atoms with Crippen molar-refractivity contribution in [1.82, 2.24) is 9.97 Å². The summed E-state index contributed by atoms with van der Waals surface area (Å²) in [6.07, 6.45) is 3.76. The highest BCUT2D eigenvalue weighted by atomic mass is 14.7. The summed E-state index contributed by atoms with van der Waals surface area (Å²) < 4.78 is 0. The number of para-hydroxylation sites is 1. The third-order valence-electron chi connectivity index (χ3n) is 10.9. The second kappa shape index (κ2) is 11.3. The summed E-state index contributed by atoms with van der Waals surface area (Å²) in [4.78, 5) is 9.82. The van der Waals surface area contributed by atoms with Crippen molar-refractivity contribution in [3.05, 3.63) is 182 Å². The van der Waals surface area contributed by atoms with Crippen molar-refractivity contribution in [3.63, 3.8) is 0 Å². The van der Waals surface area contributed by atoms with Crippen LogP contribution in [0.3, 0.4) is 0 Å². The van der Waals surface area contributed by atoms with Crippen LogP contribution in [0, 0.1) is 0 Å². The molecule has 0 spiro atoms. The van der Waals surface area contributed by atoms with Gasteiger partial charge in [-0.25, -0.2) is 4.98 Å². The molecular weight excluding hydrogens is 629 g/mol. The topological polar surface area (TPSA) is 25.8 Å². The summed E-state index contributed by atoms with van der Waals surface area (Å²) >= 11 is 0. The van der Waals surface area contributed by atoms with Gasteiger partial charge < -0.3 is 0 Å². The lowest BCUT2D eigenvalue weighted by Crippen LogP contribution is -1.94. The van der Waals surface area contributed by atoms with Crippen LogP contribution in [0.2, 0.25) is 0 Å². The number of nitrogens with zero attached hydrogens (tertiary/aromatic N) is 2. The molecule has 2 heteroatoms. The average Bonchev–Trinajstić information content (AvgIpc) is 3.22. The van der Waals surface area contributed by atoms with E-state index in [1.807, 2.05) is 18.5 Å². The SMILES string of the molecule is c1cncc(-c2nc3ccccc3c3c4ccccc4c4cc(-c5c6ccccc6c(-c6cccc7ccccc67)c6ccccc56)ccc4c23)c1. The number of pyridine rings is 2. The molecule has 0 unspecified atom stereocenters. The Labute approximate surface area is 300 Å². The van der Waals surface area contributed by atoms with Crippen molar-refractivity contribution in [3.8, 4) is 33.5 Å². The van der Waals surface area contributed by atoms with E-state index in [1.54, 1.807) is 0 Å². The largest absolute Gasteiger partial charge is 0.264 e. The van der Waals surface area contributed by atoms with Crippen molar-refractivity contribution >= 4 is 75.5 Å². The number of aromatic nitrogens is 2. The van der Waals surface area contributed by atoms with Crippen LogP contribution in [-0.4, -0.2) is 9.97 Å². The standard InChI is InChI=1S/C50H30N2/c1-2-16-34-31(13-1)14-11-24-36(34)47-40-21-7-5-19-38(40)46(39-20-6-8-22-41(39)47)32-26-27-42-44(29-32)35-17-3-4-18-37(35)48-43-23-9-10-25-45(43)52-50(49(42)48)33-15-12-28-51-30-33/h1-30H. The first-order chi connectivity index (χ1) is 25.8. The Balaban J connectivity index is 1.28. The molecule has 0 radical (unpaired) electrons. The van der Waals surface area contributed by atoms with Crippen LogP contribution in [0.5, 0.6) is 0 Å². The summed E-state index contributed by atoms with van der Waals surface area (Å²) in [5.74, 6) is 0. The van der Waals surface area contributed by atoms with Gasteiger partial charge in [0.1, 0.15) is 0 Å². The lowest BCUT2D eigenvalue weighted by molar-refractivity contribution is 1.31. The predicted octanol–water partition coefficient (Wildman–Crippen LogP) is 13.5. The van der Waals surface area contributed by atoms with E-state index >= 15 is 0 Å². The van der Waals surface area contributed by atoms with E-state index < -0.39 is 0 Å². The van der Waals surface area contributed by atoms with Gasteiger partial charge in [0.15, 0.2) is 0 Å². The second-order valence-corrected chi connectivity index (χ2v) is 13.6. The van der Waals surface area contributed by atoms with Gasteiger partial charge in [-0.3, -0.25) is 4.98 Å². The lowest BCUT2D eigenvalue weighted by Gasteiger charge is -2.20. The fraction of sp³-hybridized carbons (Fsp3) is 0. The molecule has 2 nitrogen and oxygen atoms in total. The zero-order chi connectivity index (χ0) is 34.2. The smallest absolute Gasteiger partial charge is 0.0810 e. The van der Waals surface area contributed by atoms with Crippen molar-refractivity contribution in [2.24, 2.45) is 0 Å². The zero-order valence-corrected chi connectivity index (χ0v) is 28.2. The number of benzene rings is 9. The summed E-state index contributed by atoms with van der Waals surface area (Å²) in [6.45, 7) is 0. The molecule has 2 aromatic heterocycles. The summed E-state index contributed by atoms with van der Waals surface area (Å²) in [6, 6.07) is 61.9. The van der Waals surface area contributed by atoms with E-state index in [4.69, 9.17) is 4.98 Å². The predicted molar refractivity (Wildman–Crippen MR) is 221 cm³/mol. The molecule has 0 fully saturated rings. The zero-order valence-electron chi connectivity index (χ0n) is 28.2. The summed E-state index contributed by atoms with van der Waals surface area (Å²) in [5.41, 5.74) is 7.95. The Morgan fingerprint density at radius 1 is 0.346 bits per heavy atom. The molecule has 0 bridgehead atoms. The number of hydrogen-bond acceptors (Lipinski definition) is 2. The molecule has 11 aromatic rings. The number of hydrogen-bond donors (Lipinski definition) is 0. The third kappa shape index (κ3) is 4.19. The van der Waals surface area contributed by atoms with E-state index in [0.717, 1.165) is 27.5 Å². The normalized spacial score (nSPS) is 11.8. The van der Waals surface area contributed by atoms with Crippen molar-refractivity contribution < 1.29 is 0 Å². The average molecular weight is 659 g/mol. The van der Waals surface area contributed by atoms with Gasteiger partial charge in [0.2, 0.25) is 0 Å². The molecular formula is C50H30N2. The van der Waals surface area contributed by atoms with Gasteiger partial charge in [0.05, 0.1) is 11.2 Å². The van der Waals surface area contributed by atoms with E-state index in [-0.39, 0.29) is 0 Å². The highest BCUT2D eigenvalue weighted by Crippen LogP contribution is 2.48. The maximum atomic E-state index is 5.31. The minimum absolute atomic E-state index is 0.959. The third-order valence-corrected chi connectivity index (χ3v) is 10.9. The molecule has 0 atom stereocenters. The first-order valence-corrected chi connectivity index (χ1v) is 17.8. The molecule has 11 rings (SSSR count). The Morgan fingerprint density at radius 2 is 0.942 bits per heavy atom. The molecule has 9 aromatic carbocycles. The number of rotatable bonds is 3. The van der Waals surface area contributed by atoms with Gasteiger partial charge in [0.25, 0.3) is 0 Å². The molecule has 2 heterocycles. The molecule has 0 aliphatic rings. The Bertz CT molecular complexity index is 3170. The van der Waals surface area contributed by atoms with Crippen LogP contribution in [0.25, 0.3) is 109 Å². The van der Waals surface area contributed by atoms with Gasteiger partial charge in [-0.1, -0.05) is 146 Å². The first-order valence-electron chi connectivity index (χ1n) is 17.8. The molecule has 52 heavy (non-hydrogen) atoms. The van der Waals surface area contributed by atoms with Gasteiger partial charge >= 0.3 is 0 Å². The van der Waals surface area contributed by atoms with Crippen LogP contribution < -0.4 is 0 Å². The maximum Gasteiger partial charge on any atom is 0.0810 e. The summed E-state index contributed by atoms with van der Waals surface area (Å²) in [5, 5.41) is 15.9. The van der Waals surface area contributed by atoms with Gasteiger partial charge in [0, 0.05) is 34.1 Å². The van der Waals surface area contributed by atoms with Gasteiger partial charge in [-0.05, 0) is 100 Å².